The van der Waals surface area contributed by atoms with Gasteiger partial charge in [-0.1, -0.05) is 53.7 Å². The summed E-state index contributed by atoms with van der Waals surface area (Å²) in [7, 11) is -4.02. The summed E-state index contributed by atoms with van der Waals surface area (Å²) in [6.45, 7) is 0.409. The number of nitrogens with one attached hydrogen (secondary N) is 1. The number of hydrogen-bond donors (Lipinski definition) is 1. The second-order valence-electron chi connectivity index (χ2n) is 5.58. The van der Waals surface area contributed by atoms with Gasteiger partial charge in [0.25, 0.3) is 15.9 Å². The van der Waals surface area contributed by atoms with E-state index in [-0.39, 0.29) is 31.8 Å². The Bertz CT molecular complexity index is 889. The Morgan fingerprint density at radius 3 is 2.72 bits per heavy atom. The van der Waals surface area contributed by atoms with Crippen molar-refractivity contribution in [1.82, 2.24) is 9.97 Å². The lowest BCUT2D eigenvalue weighted by atomic mass is 10.3. The lowest BCUT2D eigenvalue weighted by molar-refractivity contribution is 0.292. The highest BCUT2D eigenvalue weighted by Gasteiger charge is 2.24. The first-order chi connectivity index (χ1) is 11.9. The second-order valence-corrected chi connectivity index (χ2v) is 8.41. The lowest BCUT2D eigenvalue weighted by Gasteiger charge is -2.13. The van der Waals surface area contributed by atoms with Crippen LogP contribution in [0.2, 0.25) is 15.2 Å². The molecule has 0 amide bonds. The number of rotatable bonds is 7. The third-order valence-corrected chi connectivity index (χ3v) is 6.10. The molecule has 1 aliphatic carbocycles. The van der Waals surface area contributed by atoms with E-state index in [4.69, 9.17) is 39.5 Å². The SMILES string of the molecule is O=S(=O)(Nc1ncc(Cl)nc1OCCC1CC1)c1cccc(Cl)c1Cl. The van der Waals surface area contributed by atoms with E-state index in [0.717, 1.165) is 6.42 Å². The zero-order chi connectivity index (χ0) is 18.0. The van der Waals surface area contributed by atoms with Crippen molar-refractivity contribution >= 4 is 50.6 Å². The van der Waals surface area contributed by atoms with Crippen molar-refractivity contribution in [3.8, 4) is 5.88 Å². The quantitative estimate of drug-likeness (QED) is 0.714. The van der Waals surface area contributed by atoms with Crippen molar-refractivity contribution < 1.29 is 13.2 Å². The van der Waals surface area contributed by atoms with E-state index in [1.807, 2.05) is 0 Å². The van der Waals surface area contributed by atoms with Gasteiger partial charge in [0.1, 0.15) is 4.90 Å². The first-order valence-corrected chi connectivity index (χ1v) is 10.1. The van der Waals surface area contributed by atoms with Crippen LogP contribution in [-0.4, -0.2) is 25.0 Å². The Balaban J connectivity index is 1.84. The van der Waals surface area contributed by atoms with Gasteiger partial charge in [0, 0.05) is 0 Å². The van der Waals surface area contributed by atoms with E-state index >= 15 is 0 Å². The van der Waals surface area contributed by atoms with Crippen molar-refractivity contribution in [1.29, 1.82) is 0 Å². The molecule has 6 nitrogen and oxygen atoms in total. The van der Waals surface area contributed by atoms with Crippen molar-refractivity contribution in [2.24, 2.45) is 5.92 Å². The highest BCUT2D eigenvalue weighted by Crippen LogP contribution is 2.34. The van der Waals surface area contributed by atoms with Crippen LogP contribution in [0.4, 0.5) is 5.82 Å². The molecular weight excluding hydrogens is 409 g/mol. The van der Waals surface area contributed by atoms with E-state index in [0.29, 0.717) is 12.5 Å². The molecule has 134 valence electrons. The summed E-state index contributed by atoms with van der Waals surface area (Å²) >= 11 is 17.7. The molecule has 2 aromatic rings. The van der Waals surface area contributed by atoms with E-state index in [9.17, 15) is 8.42 Å². The van der Waals surface area contributed by atoms with E-state index in [1.165, 1.54) is 37.2 Å². The van der Waals surface area contributed by atoms with Crippen LogP contribution in [0.5, 0.6) is 5.88 Å². The summed E-state index contributed by atoms with van der Waals surface area (Å²) in [6.07, 6.45) is 4.49. The summed E-state index contributed by atoms with van der Waals surface area (Å²) in [6, 6.07) is 4.33. The first-order valence-electron chi connectivity index (χ1n) is 7.49. The Labute approximate surface area is 160 Å². The Morgan fingerprint density at radius 1 is 1.24 bits per heavy atom. The molecule has 0 unspecified atom stereocenters. The minimum Gasteiger partial charge on any atom is -0.475 e. The van der Waals surface area contributed by atoms with Gasteiger partial charge in [-0.15, -0.1) is 0 Å². The average Bonchev–Trinajstić information content (AvgIpc) is 3.36. The van der Waals surface area contributed by atoms with Gasteiger partial charge < -0.3 is 4.74 Å². The van der Waals surface area contributed by atoms with Crippen LogP contribution < -0.4 is 9.46 Å². The summed E-state index contributed by atoms with van der Waals surface area (Å²) in [5.74, 6) is 0.628. The van der Waals surface area contributed by atoms with Gasteiger partial charge in [-0.3, -0.25) is 4.72 Å². The molecule has 0 aliphatic heterocycles. The van der Waals surface area contributed by atoms with Gasteiger partial charge in [-0.05, 0) is 24.5 Å². The van der Waals surface area contributed by atoms with Crippen molar-refractivity contribution in [2.75, 3.05) is 11.3 Å². The number of benzene rings is 1. The maximum Gasteiger partial charge on any atom is 0.264 e. The number of sulfonamides is 1. The van der Waals surface area contributed by atoms with Crippen LogP contribution in [0, 0.1) is 5.92 Å². The van der Waals surface area contributed by atoms with Crippen LogP contribution >= 0.6 is 34.8 Å². The molecule has 1 saturated carbocycles. The fourth-order valence-corrected chi connectivity index (χ4v) is 4.02. The third-order valence-electron chi connectivity index (χ3n) is 3.61. The molecule has 0 spiro atoms. The fraction of sp³-hybridized carbons (Fsp3) is 0.333. The predicted molar refractivity (Wildman–Crippen MR) is 97.1 cm³/mol. The second kappa shape index (κ2) is 7.53. The fourth-order valence-electron chi connectivity index (χ4n) is 2.13. The number of anilines is 1. The van der Waals surface area contributed by atoms with Crippen LogP contribution in [0.15, 0.2) is 29.3 Å². The normalized spacial score (nSPS) is 14.4. The smallest absolute Gasteiger partial charge is 0.264 e. The predicted octanol–water partition coefficient (Wildman–Crippen LogP) is 4.42. The van der Waals surface area contributed by atoms with Gasteiger partial charge in [-0.2, -0.15) is 4.98 Å². The van der Waals surface area contributed by atoms with Crippen molar-refractivity contribution in [2.45, 2.75) is 24.2 Å². The summed E-state index contributed by atoms with van der Waals surface area (Å²) < 4.78 is 33.1. The van der Waals surface area contributed by atoms with Gasteiger partial charge in [0.05, 0.1) is 22.8 Å². The standard InChI is InChI=1S/C15H14Cl3N3O3S/c16-10-2-1-3-11(13(10)18)25(22,23)21-14-15(20-12(17)8-19-14)24-7-6-9-4-5-9/h1-3,8-9H,4-7H2,(H,19,21). The first kappa shape index (κ1) is 18.5. The van der Waals surface area contributed by atoms with Gasteiger partial charge in [0.2, 0.25) is 5.82 Å². The van der Waals surface area contributed by atoms with Gasteiger partial charge in [0.15, 0.2) is 5.15 Å². The zero-order valence-corrected chi connectivity index (χ0v) is 16.0. The molecular formula is C15H14Cl3N3O3S. The summed E-state index contributed by atoms with van der Waals surface area (Å²) in [5, 5.41) is 0.160. The minimum absolute atomic E-state index is 0.0230. The highest BCUT2D eigenvalue weighted by molar-refractivity contribution is 7.92. The van der Waals surface area contributed by atoms with Gasteiger partial charge in [-0.25, -0.2) is 13.4 Å². The maximum absolute atomic E-state index is 12.6. The molecule has 10 heteroatoms. The van der Waals surface area contributed by atoms with E-state index in [2.05, 4.69) is 14.7 Å². The molecule has 1 N–H and O–H groups in total. The lowest BCUT2D eigenvalue weighted by Crippen LogP contribution is -2.16. The highest BCUT2D eigenvalue weighted by atomic mass is 35.5. The molecule has 1 aliphatic rings. The molecule has 25 heavy (non-hydrogen) atoms. The average molecular weight is 423 g/mol. The van der Waals surface area contributed by atoms with Crippen molar-refractivity contribution in [3.63, 3.8) is 0 Å². The zero-order valence-electron chi connectivity index (χ0n) is 12.9. The number of ether oxygens (including phenoxy) is 1. The van der Waals surface area contributed by atoms with Crippen LogP contribution in [-0.2, 0) is 10.0 Å². The summed E-state index contributed by atoms with van der Waals surface area (Å²) in [4.78, 5) is 7.81. The topological polar surface area (TPSA) is 81.2 Å². The number of halogens is 3. The Morgan fingerprint density at radius 2 is 2.00 bits per heavy atom. The minimum atomic E-state index is -4.02. The molecule has 1 fully saturated rings. The van der Waals surface area contributed by atoms with Crippen molar-refractivity contribution in [3.05, 3.63) is 39.6 Å². The monoisotopic (exact) mass is 421 g/mol. The third kappa shape index (κ3) is 4.67. The van der Waals surface area contributed by atoms with Crippen LogP contribution in [0.25, 0.3) is 0 Å². The number of hydrogen-bond acceptors (Lipinski definition) is 5. The number of nitrogens with zero attached hydrogens (tertiary/aromatic N) is 2. The van der Waals surface area contributed by atoms with Crippen LogP contribution in [0.1, 0.15) is 19.3 Å². The van der Waals surface area contributed by atoms with E-state index in [1.54, 1.807) is 0 Å². The molecule has 3 rings (SSSR count). The molecule has 0 radical (unpaired) electrons. The molecule has 0 saturated heterocycles. The molecule has 0 bridgehead atoms. The van der Waals surface area contributed by atoms with Gasteiger partial charge >= 0.3 is 0 Å². The largest absolute Gasteiger partial charge is 0.475 e. The Hall–Kier alpha value is -1.28. The molecule has 0 atom stereocenters. The summed E-state index contributed by atoms with van der Waals surface area (Å²) in [5.41, 5.74) is 0. The maximum atomic E-state index is 12.6. The molecule has 1 aromatic carbocycles. The van der Waals surface area contributed by atoms with E-state index < -0.39 is 10.0 Å². The molecule has 1 heterocycles. The van der Waals surface area contributed by atoms with Crippen LogP contribution in [0.3, 0.4) is 0 Å². The Kier molecular flexibility index (Phi) is 5.58. The number of aromatic nitrogens is 2. The molecule has 1 aromatic heterocycles.